The van der Waals surface area contributed by atoms with Crippen molar-refractivity contribution < 1.29 is 19.0 Å². The van der Waals surface area contributed by atoms with Crippen LogP contribution in [0.3, 0.4) is 0 Å². The average molecular weight is 364 g/mol. The molecular formula is C20H32N2O4. The Labute approximate surface area is 156 Å². The monoisotopic (exact) mass is 364 g/mol. The molecule has 0 bridgehead atoms. The lowest BCUT2D eigenvalue weighted by Gasteiger charge is -2.38. The van der Waals surface area contributed by atoms with Gasteiger partial charge in [0.1, 0.15) is 0 Å². The maximum Gasteiger partial charge on any atom is 0.314 e. The minimum Gasteiger partial charge on any atom is -0.493 e. The van der Waals surface area contributed by atoms with E-state index in [1.54, 1.807) is 14.2 Å². The molecule has 6 heteroatoms. The van der Waals surface area contributed by atoms with E-state index in [0.717, 1.165) is 24.8 Å². The minimum absolute atomic E-state index is 0.114. The SMILES string of the molecule is COc1ccc(C2(CNC(=O)NCCC(C)C)CCOCC2)cc1OC. The van der Waals surface area contributed by atoms with Crippen LogP contribution in [0.15, 0.2) is 18.2 Å². The fourth-order valence-electron chi connectivity index (χ4n) is 3.28. The van der Waals surface area contributed by atoms with E-state index in [4.69, 9.17) is 14.2 Å². The Morgan fingerprint density at radius 3 is 2.46 bits per heavy atom. The summed E-state index contributed by atoms with van der Waals surface area (Å²) in [7, 11) is 3.27. The Balaban J connectivity index is 2.09. The molecule has 1 fully saturated rings. The topological polar surface area (TPSA) is 68.8 Å². The summed E-state index contributed by atoms with van der Waals surface area (Å²) in [4.78, 5) is 12.2. The van der Waals surface area contributed by atoms with Gasteiger partial charge in [0, 0.05) is 31.7 Å². The van der Waals surface area contributed by atoms with Crippen LogP contribution in [0.1, 0.15) is 38.7 Å². The highest BCUT2D eigenvalue weighted by molar-refractivity contribution is 5.74. The van der Waals surface area contributed by atoms with Crippen molar-refractivity contribution in [1.29, 1.82) is 0 Å². The largest absolute Gasteiger partial charge is 0.493 e. The highest BCUT2D eigenvalue weighted by Crippen LogP contribution is 2.38. The molecule has 0 aliphatic carbocycles. The van der Waals surface area contributed by atoms with Crippen LogP contribution >= 0.6 is 0 Å². The third-order valence-electron chi connectivity index (χ3n) is 5.04. The molecule has 1 aliphatic rings. The van der Waals surface area contributed by atoms with Crippen LogP contribution in [-0.2, 0) is 10.2 Å². The number of hydrogen-bond acceptors (Lipinski definition) is 4. The molecular weight excluding hydrogens is 332 g/mol. The van der Waals surface area contributed by atoms with E-state index in [0.29, 0.717) is 43.7 Å². The van der Waals surface area contributed by atoms with Gasteiger partial charge < -0.3 is 24.8 Å². The minimum atomic E-state index is -0.160. The first kappa shape index (κ1) is 20.4. The molecule has 146 valence electrons. The van der Waals surface area contributed by atoms with E-state index in [1.165, 1.54) is 0 Å². The number of urea groups is 1. The van der Waals surface area contributed by atoms with Gasteiger partial charge in [-0.2, -0.15) is 0 Å². The maximum atomic E-state index is 12.2. The standard InChI is InChI=1S/C20H32N2O4/c1-15(2)7-10-21-19(23)22-14-20(8-11-26-12-9-20)16-5-6-17(24-3)18(13-16)25-4/h5-6,13,15H,7-12,14H2,1-4H3,(H2,21,22,23). The fourth-order valence-corrected chi connectivity index (χ4v) is 3.28. The quantitative estimate of drug-likeness (QED) is 0.744. The van der Waals surface area contributed by atoms with Crippen molar-refractivity contribution in [3.8, 4) is 11.5 Å². The van der Waals surface area contributed by atoms with Gasteiger partial charge in [-0.3, -0.25) is 0 Å². The number of nitrogens with one attached hydrogen (secondary N) is 2. The van der Waals surface area contributed by atoms with E-state index >= 15 is 0 Å². The molecule has 1 aliphatic heterocycles. The van der Waals surface area contributed by atoms with Crippen molar-refractivity contribution in [3.63, 3.8) is 0 Å². The van der Waals surface area contributed by atoms with E-state index in [-0.39, 0.29) is 11.4 Å². The van der Waals surface area contributed by atoms with E-state index < -0.39 is 0 Å². The Morgan fingerprint density at radius 2 is 1.85 bits per heavy atom. The second-order valence-electron chi connectivity index (χ2n) is 7.25. The van der Waals surface area contributed by atoms with Gasteiger partial charge in [0.2, 0.25) is 0 Å². The molecule has 2 amide bonds. The molecule has 2 N–H and O–H groups in total. The molecule has 0 unspecified atom stereocenters. The molecule has 2 rings (SSSR count). The molecule has 1 aromatic carbocycles. The van der Waals surface area contributed by atoms with Gasteiger partial charge in [-0.05, 0) is 42.9 Å². The third-order valence-corrected chi connectivity index (χ3v) is 5.04. The van der Waals surface area contributed by atoms with Crippen LogP contribution in [0.25, 0.3) is 0 Å². The van der Waals surface area contributed by atoms with Gasteiger partial charge in [-0.1, -0.05) is 19.9 Å². The van der Waals surface area contributed by atoms with Crippen LogP contribution in [0.5, 0.6) is 11.5 Å². The van der Waals surface area contributed by atoms with Gasteiger partial charge in [-0.25, -0.2) is 4.79 Å². The first-order valence-electron chi connectivity index (χ1n) is 9.32. The number of benzene rings is 1. The lowest BCUT2D eigenvalue weighted by Crippen LogP contribution is -2.47. The lowest BCUT2D eigenvalue weighted by molar-refractivity contribution is 0.0506. The predicted octanol–water partition coefficient (Wildman–Crippen LogP) is 3.10. The molecule has 26 heavy (non-hydrogen) atoms. The van der Waals surface area contributed by atoms with Gasteiger partial charge in [0.15, 0.2) is 11.5 Å². The summed E-state index contributed by atoms with van der Waals surface area (Å²) in [5.41, 5.74) is 0.980. The Kier molecular flexibility index (Phi) is 7.57. The number of rotatable bonds is 8. The first-order chi connectivity index (χ1) is 12.5. The molecule has 0 radical (unpaired) electrons. The molecule has 0 aromatic heterocycles. The Bertz CT molecular complexity index is 583. The number of ether oxygens (including phenoxy) is 3. The normalized spacial score (nSPS) is 16.2. The fraction of sp³-hybridized carbons (Fsp3) is 0.650. The summed E-state index contributed by atoms with van der Waals surface area (Å²) in [5.74, 6) is 1.99. The number of amides is 2. The average Bonchev–Trinajstić information content (AvgIpc) is 2.66. The van der Waals surface area contributed by atoms with Crippen molar-refractivity contribution >= 4 is 6.03 Å². The summed E-state index contributed by atoms with van der Waals surface area (Å²) < 4.78 is 16.4. The third kappa shape index (κ3) is 5.27. The maximum absolute atomic E-state index is 12.2. The summed E-state index contributed by atoms with van der Waals surface area (Å²) in [6.07, 6.45) is 2.69. The molecule has 0 saturated carbocycles. The Hall–Kier alpha value is -1.95. The van der Waals surface area contributed by atoms with Crippen LogP contribution in [-0.4, -0.2) is 46.6 Å². The number of hydrogen-bond donors (Lipinski definition) is 2. The predicted molar refractivity (Wildman–Crippen MR) is 102 cm³/mol. The highest BCUT2D eigenvalue weighted by atomic mass is 16.5. The zero-order valence-electron chi connectivity index (χ0n) is 16.4. The van der Waals surface area contributed by atoms with Gasteiger partial charge >= 0.3 is 6.03 Å². The second kappa shape index (κ2) is 9.67. The molecule has 1 saturated heterocycles. The Morgan fingerprint density at radius 1 is 1.15 bits per heavy atom. The van der Waals surface area contributed by atoms with Crippen molar-refractivity contribution in [2.24, 2.45) is 5.92 Å². The zero-order chi connectivity index (χ0) is 19.0. The van der Waals surface area contributed by atoms with Crippen molar-refractivity contribution in [2.75, 3.05) is 40.5 Å². The number of carbonyl (C=O) groups is 1. The van der Waals surface area contributed by atoms with E-state index in [1.807, 2.05) is 12.1 Å². The van der Waals surface area contributed by atoms with E-state index in [9.17, 15) is 4.79 Å². The second-order valence-corrected chi connectivity index (χ2v) is 7.25. The zero-order valence-corrected chi connectivity index (χ0v) is 16.4. The van der Waals surface area contributed by atoms with E-state index in [2.05, 4.69) is 30.5 Å². The van der Waals surface area contributed by atoms with Crippen LogP contribution in [0.4, 0.5) is 4.79 Å². The first-order valence-corrected chi connectivity index (χ1v) is 9.32. The summed E-state index contributed by atoms with van der Waals surface area (Å²) in [6, 6.07) is 5.89. The van der Waals surface area contributed by atoms with Gasteiger partial charge in [0.25, 0.3) is 0 Å². The molecule has 6 nitrogen and oxygen atoms in total. The van der Waals surface area contributed by atoms with Gasteiger partial charge in [-0.15, -0.1) is 0 Å². The molecule has 1 heterocycles. The summed E-state index contributed by atoms with van der Waals surface area (Å²) in [6.45, 7) is 6.92. The van der Waals surface area contributed by atoms with Crippen LogP contribution in [0.2, 0.25) is 0 Å². The summed E-state index contributed by atoms with van der Waals surface area (Å²) in [5, 5.41) is 5.99. The number of methoxy groups -OCH3 is 2. The van der Waals surface area contributed by atoms with Gasteiger partial charge in [0.05, 0.1) is 14.2 Å². The highest BCUT2D eigenvalue weighted by Gasteiger charge is 2.35. The van der Waals surface area contributed by atoms with Crippen molar-refractivity contribution in [2.45, 2.75) is 38.5 Å². The molecule has 0 atom stereocenters. The van der Waals surface area contributed by atoms with Crippen molar-refractivity contribution in [1.82, 2.24) is 10.6 Å². The lowest BCUT2D eigenvalue weighted by atomic mass is 9.74. The molecule has 0 spiro atoms. The van der Waals surface area contributed by atoms with Crippen LogP contribution in [0, 0.1) is 5.92 Å². The number of carbonyl (C=O) groups excluding carboxylic acids is 1. The summed E-state index contributed by atoms with van der Waals surface area (Å²) >= 11 is 0. The van der Waals surface area contributed by atoms with Crippen LogP contribution < -0.4 is 20.1 Å². The van der Waals surface area contributed by atoms with Crippen molar-refractivity contribution in [3.05, 3.63) is 23.8 Å². The molecule has 1 aromatic rings. The smallest absolute Gasteiger partial charge is 0.314 e.